The van der Waals surface area contributed by atoms with Crippen LogP contribution >= 0.6 is 11.8 Å². The molecule has 0 heterocycles. The first-order chi connectivity index (χ1) is 7.66. The molecule has 0 saturated carbocycles. The van der Waals surface area contributed by atoms with E-state index in [1.807, 2.05) is 11.8 Å². The molecule has 0 saturated heterocycles. The first kappa shape index (κ1) is 16.2. The Morgan fingerprint density at radius 2 is 2.00 bits per heavy atom. The monoisotopic (exact) mass is 249 g/mol. The van der Waals surface area contributed by atoms with E-state index in [1.54, 1.807) is 0 Å². The maximum atomic E-state index is 9.57. The maximum absolute atomic E-state index is 9.57. The van der Waals surface area contributed by atoms with Crippen molar-refractivity contribution in [3.05, 3.63) is 0 Å². The Labute approximate surface area is 104 Å². The van der Waals surface area contributed by atoms with Crippen LogP contribution in [0.1, 0.15) is 26.7 Å². The number of hydrogen-bond donors (Lipinski definition) is 2. The summed E-state index contributed by atoms with van der Waals surface area (Å²) in [6.45, 7) is 7.01. The first-order valence-electron chi connectivity index (χ1n) is 6.12. The van der Waals surface area contributed by atoms with Gasteiger partial charge in [0.15, 0.2) is 0 Å². The smallest absolute Gasteiger partial charge is 0.0897 e. The highest BCUT2D eigenvalue weighted by Crippen LogP contribution is 1.98. The van der Waals surface area contributed by atoms with Crippen molar-refractivity contribution in [3.8, 4) is 0 Å². The van der Waals surface area contributed by atoms with Gasteiger partial charge in [0.25, 0.3) is 0 Å². The fourth-order valence-corrected chi connectivity index (χ4v) is 1.76. The first-order valence-corrected chi connectivity index (χ1v) is 7.51. The van der Waals surface area contributed by atoms with Crippen molar-refractivity contribution < 1.29 is 9.84 Å². The number of unbranched alkanes of at least 4 members (excludes halogenated alkanes) is 1. The maximum Gasteiger partial charge on any atom is 0.0897 e. The van der Waals surface area contributed by atoms with Crippen LogP contribution in [0.15, 0.2) is 0 Å². The molecule has 0 aliphatic heterocycles. The molecule has 1 unspecified atom stereocenters. The van der Waals surface area contributed by atoms with Crippen LogP contribution in [0.2, 0.25) is 0 Å². The molecular weight excluding hydrogens is 222 g/mol. The fourth-order valence-electron chi connectivity index (χ4n) is 1.26. The quantitative estimate of drug-likeness (QED) is 0.548. The van der Waals surface area contributed by atoms with Crippen LogP contribution in [0.3, 0.4) is 0 Å². The molecule has 0 aromatic heterocycles. The van der Waals surface area contributed by atoms with Crippen LogP contribution in [0.4, 0.5) is 0 Å². The Balaban J connectivity index is 3.14. The minimum Gasteiger partial charge on any atom is -0.389 e. The van der Waals surface area contributed by atoms with E-state index in [-0.39, 0.29) is 6.10 Å². The van der Waals surface area contributed by atoms with Crippen molar-refractivity contribution in [1.29, 1.82) is 0 Å². The predicted molar refractivity (Wildman–Crippen MR) is 72.1 cm³/mol. The Morgan fingerprint density at radius 1 is 1.25 bits per heavy atom. The lowest BCUT2D eigenvalue weighted by Crippen LogP contribution is -2.31. The zero-order chi connectivity index (χ0) is 12.2. The lowest BCUT2D eigenvalue weighted by atomic mass is 10.2. The van der Waals surface area contributed by atoms with E-state index >= 15 is 0 Å². The number of aliphatic hydroxyl groups is 1. The van der Waals surface area contributed by atoms with E-state index < -0.39 is 0 Å². The van der Waals surface area contributed by atoms with Gasteiger partial charge in [-0.15, -0.1) is 0 Å². The van der Waals surface area contributed by atoms with Gasteiger partial charge in [0.2, 0.25) is 0 Å². The molecule has 0 radical (unpaired) electrons. The molecule has 16 heavy (non-hydrogen) atoms. The topological polar surface area (TPSA) is 41.5 Å². The van der Waals surface area contributed by atoms with Crippen molar-refractivity contribution in [1.82, 2.24) is 5.32 Å². The normalized spacial score (nSPS) is 13.3. The molecule has 2 N–H and O–H groups in total. The molecule has 98 valence electrons. The van der Waals surface area contributed by atoms with Gasteiger partial charge in [-0.1, -0.05) is 13.8 Å². The molecule has 0 amide bonds. The van der Waals surface area contributed by atoms with Gasteiger partial charge in [0.05, 0.1) is 12.7 Å². The summed E-state index contributed by atoms with van der Waals surface area (Å²) in [6.07, 6.45) is 4.18. The van der Waals surface area contributed by atoms with Gasteiger partial charge < -0.3 is 15.2 Å². The van der Waals surface area contributed by atoms with Crippen LogP contribution in [0.25, 0.3) is 0 Å². The molecule has 0 aliphatic carbocycles. The number of ether oxygens (including phenoxy) is 1. The third-order valence-corrected chi connectivity index (χ3v) is 2.79. The lowest BCUT2D eigenvalue weighted by molar-refractivity contribution is 0.0262. The second-order valence-corrected chi connectivity index (χ2v) is 5.47. The van der Waals surface area contributed by atoms with E-state index in [1.165, 1.54) is 18.6 Å². The molecule has 0 aliphatic rings. The molecule has 4 heteroatoms. The Morgan fingerprint density at radius 3 is 2.62 bits per heavy atom. The molecule has 3 nitrogen and oxygen atoms in total. The molecule has 0 aromatic rings. The molecule has 0 fully saturated rings. The Kier molecular flexibility index (Phi) is 11.9. The third kappa shape index (κ3) is 12.3. The van der Waals surface area contributed by atoms with Crippen LogP contribution in [0, 0.1) is 5.92 Å². The fraction of sp³-hybridized carbons (Fsp3) is 1.00. The standard InChI is InChI=1S/C12H27NO2S/c1-11(2)9-15-10-12(14)8-13-6-4-5-7-16-3/h11-14H,4-10H2,1-3H3. The molecule has 0 rings (SSSR count). The number of hydrogen-bond acceptors (Lipinski definition) is 4. The summed E-state index contributed by atoms with van der Waals surface area (Å²) in [7, 11) is 0. The minimum absolute atomic E-state index is 0.376. The van der Waals surface area contributed by atoms with E-state index in [0.717, 1.165) is 13.2 Å². The lowest BCUT2D eigenvalue weighted by Gasteiger charge is -2.13. The number of aliphatic hydroxyl groups excluding tert-OH is 1. The van der Waals surface area contributed by atoms with Gasteiger partial charge in [-0.05, 0) is 37.3 Å². The summed E-state index contributed by atoms with van der Waals surface area (Å²) in [4.78, 5) is 0. The zero-order valence-corrected chi connectivity index (χ0v) is 11.7. The Bertz CT molecular complexity index is 145. The zero-order valence-electron chi connectivity index (χ0n) is 10.9. The molecule has 1 atom stereocenters. The Hall–Kier alpha value is 0.230. The van der Waals surface area contributed by atoms with Crippen LogP contribution in [-0.4, -0.2) is 49.5 Å². The number of thioether (sulfide) groups is 1. The van der Waals surface area contributed by atoms with Crippen molar-refractivity contribution in [2.45, 2.75) is 32.8 Å². The highest BCUT2D eigenvalue weighted by molar-refractivity contribution is 7.98. The van der Waals surface area contributed by atoms with E-state index in [9.17, 15) is 5.11 Å². The molecular formula is C12H27NO2S. The average molecular weight is 249 g/mol. The second kappa shape index (κ2) is 11.7. The van der Waals surface area contributed by atoms with Crippen molar-refractivity contribution >= 4 is 11.8 Å². The highest BCUT2D eigenvalue weighted by Gasteiger charge is 2.03. The summed E-state index contributed by atoms with van der Waals surface area (Å²) in [6, 6.07) is 0. The summed E-state index contributed by atoms with van der Waals surface area (Å²) >= 11 is 1.88. The van der Waals surface area contributed by atoms with Gasteiger partial charge in [-0.2, -0.15) is 11.8 Å². The van der Waals surface area contributed by atoms with Gasteiger partial charge in [0.1, 0.15) is 0 Å². The van der Waals surface area contributed by atoms with Gasteiger partial charge in [-0.3, -0.25) is 0 Å². The van der Waals surface area contributed by atoms with Gasteiger partial charge in [-0.25, -0.2) is 0 Å². The van der Waals surface area contributed by atoms with Crippen LogP contribution in [-0.2, 0) is 4.74 Å². The number of rotatable bonds is 11. The van der Waals surface area contributed by atoms with Crippen molar-refractivity contribution in [2.75, 3.05) is 38.3 Å². The second-order valence-electron chi connectivity index (χ2n) is 4.49. The van der Waals surface area contributed by atoms with Crippen LogP contribution < -0.4 is 5.32 Å². The average Bonchev–Trinajstić information content (AvgIpc) is 2.22. The minimum atomic E-state index is -0.376. The van der Waals surface area contributed by atoms with Crippen molar-refractivity contribution in [2.24, 2.45) is 5.92 Å². The van der Waals surface area contributed by atoms with Crippen LogP contribution in [0.5, 0.6) is 0 Å². The molecule has 0 aromatic carbocycles. The largest absolute Gasteiger partial charge is 0.389 e. The van der Waals surface area contributed by atoms with E-state index in [4.69, 9.17) is 4.74 Å². The molecule has 0 bridgehead atoms. The van der Waals surface area contributed by atoms with Gasteiger partial charge >= 0.3 is 0 Å². The van der Waals surface area contributed by atoms with Crippen molar-refractivity contribution in [3.63, 3.8) is 0 Å². The summed E-state index contributed by atoms with van der Waals surface area (Å²) < 4.78 is 5.36. The third-order valence-electron chi connectivity index (χ3n) is 2.09. The highest BCUT2D eigenvalue weighted by atomic mass is 32.2. The SMILES string of the molecule is CSCCCCNCC(O)COCC(C)C. The number of nitrogens with one attached hydrogen (secondary N) is 1. The molecule has 0 spiro atoms. The van der Waals surface area contributed by atoms with E-state index in [0.29, 0.717) is 19.1 Å². The summed E-state index contributed by atoms with van der Waals surface area (Å²) in [5.74, 6) is 1.76. The summed E-state index contributed by atoms with van der Waals surface area (Å²) in [5.41, 5.74) is 0. The summed E-state index contributed by atoms with van der Waals surface area (Å²) in [5, 5.41) is 12.8. The predicted octanol–water partition coefficient (Wildman–Crippen LogP) is 1.75. The van der Waals surface area contributed by atoms with Gasteiger partial charge in [0, 0.05) is 13.2 Å². The van der Waals surface area contributed by atoms with E-state index in [2.05, 4.69) is 25.4 Å².